The van der Waals surface area contributed by atoms with E-state index in [1.165, 1.54) is 0 Å². The van der Waals surface area contributed by atoms with Crippen LogP contribution in [-0.2, 0) is 0 Å². The highest BCUT2D eigenvalue weighted by Crippen LogP contribution is 2.44. The van der Waals surface area contributed by atoms with E-state index in [1.54, 1.807) is 0 Å². The number of fused-ring (bicyclic) bond motifs is 1. The lowest BCUT2D eigenvalue weighted by molar-refractivity contribution is 0.0703. The topological polar surface area (TPSA) is 59.4 Å². The first-order chi connectivity index (χ1) is 11.3. The number of thiophene rings is 1. The number of aromatic carboxylic acids is 1. The molecule has 0 aliphatic heterocycles. The Bertz CT molecular complexity index is 990. The van der Waals surface area contributed by atoms with Gasteiger partial charge < -0.3 is 9.84 Å². The van der Waals surface area contributed by atoms with Gasteiger partial charge in [0.25, 0.3) is 0 Å². The minimum Gasteiger partial charge on any atom is -0.491 e. The van der Waals surface area contributed by atoms with Crippen LogP contribution in [0.3, 0.4) is 0 Å². The predicted octanol–water partition coefficient (Wildman–Crippen LogP) is 4.74. The van der Waals surface area contributed by atoms with E-state index in [0.29, 0.717) is 11.3 Å². The van der Waals surface area contributed by atoms with Crippen molar-refractivity contribution >= 4 is 39.1 Å². The molecule has 0 amide bonds. The van der Waals surface area contributed by atoms with Gasteiger partial charge >= 0.3 is 5.97 Å². The molecule has 0 atom stereocenters. The number of pyridine rings is 1. The molecule has 2 aromatic heterocycles. The summed E-state index contributed by atoms with van der Waals surface area (Å²) in [6, 6.07) is 1.90. The quantitative estimate of drug-likeness (QED) is 0.720. The summed E-state index contributed by atoms with van der Waals surface area (Å²) in [5.41, 5.74) is -0.464. The maximum atomic E-state index is 14.7. The van der Waals surface area contributed by atoms with Crippen LogP contribution in [0.5, 0.6) is 5.75 Å². The van der Waals surface area contributed by atoms with Gasteiger partial charge in [-0.2, -0.15) is 0 Å². The summed E-state index contributed by atoms with van der Waals surface area (Å²) in [6.07, 6.45) is 0.872. The number of aromatic nitrogens is 1. The lowest BCUT2D eigenvalue weighted by Gasteiger charge is -2.11. The number of nitrogens with zero attached hydrogens (tertiary/aromatic N) is 1. The van der Waals surface area contributed by atoms with Gasteiger partial charge in [-0.3, -0.25) is 4.98 Å². The molecular formula is C15H7ClF3NO3S. The van der Waals surface area contributed by atoms with Crippen molar-refractivity contribution in [1.82, 2.24) is 4.98 Å². The fourth-order valence-electron chi connectivity index (χ4n) is 2.33. The molecule has 24 heavy (non-hydrogen) atoms. The SMILES string of the molecule is COc1c(F)cc(Cl)c(-c2c(C(=O)O)sc3cc(F)cnc23)c1F. The molecule has 4 nitrogen and oxygen atoms in total. The highest BCUT2D eigenvalue weighted by atomic mass is 35.5. The summed E-state index contributed by atoms with van der Waals surface area (Å²) in [4.78, 5) is 15.1. The normalized spacial score (nSPS) is 11.0. The van der Waals surface area contributed by atoms with Crippen molar-refractivity contribution in [2.45, 2.75) is 0 Å². The number of benzene rings is 1. The Morgan fingerprint density at radius 2 is 2.00 bits per heavy atom. The Labute approximate surface area is 142 Å². The van der Waals surface area contributed by atoms with Crippen LogP contribution in [0.2, 0.25) is 5.02 Å². The van der Waals surface area contributed by atoms with Gasteiger partial charge in [-0.25, -0.2) is 18.0 Å². The number of hydrogen-bond donors (Lipinski definition) is 1. The number of halogens is 4. The third-order valence-electron chi connectivity index (χ3n) is 3.27. The molecule has 2 heterocycles. The molecule has 0 spiro atoms. The number of carboxylic acids is 1. The lowest BCUT2D eigenvalue weighted by atomic mass is 10.0. The van der Waals surface area contributed by atoms with Crippen molar-refractivity contribution in [3.63, 3.8) is 0 Å². The molecule has 124 valence electrons. The second kappa shape index (κ2) is 5.95. The standard InChI is InChI=1S/C15H7ClF3NO3S/c1-23-13-7(18)3-6(16)9(11(13)19)10-12-8(2-5(17)4-20-12)24-14(10)15(21)22/h2-4H,1H3,(H,21,22). The average Bonchev–Trinajstić information content (AvgIpc) is 2.86. The third-order valence-corrected chi connectivity index (χ3v) is 4.68. The zero-order valence-electron chi connectivity index (χ0n) is 11.9. The Morgan fingerprint density at radius 3 is 2.62 bits per heavy atom. The van der Waals surface area contributed by atoms with Gasteiger partial charge in [-0.1, -0.05) is 11.6 Å². The van der Waals surface area contributed by atoms with Gasteiger partial charge in [0.15, 0.2) is 17.4 Å². The van der Waals surface area contributed by atoms with Crippen LogP contribution in [0.15, 0.2) is 18.3 Å². The number of methoxy groups -OCH3 is 1. The van der Waals surface area contributed by atoms with E-state index >= 15 is 0 Å². The van der Waals surface area contributed by atoms with Gasteiger partial charge in [0.1, 0.15) is 10.7 Å². The molecular weight excluding hydrogens is 367 g/mol. The van der Waals surface area contributed by atoms with Gasteiger partial charge in [0.05, 0.1) is 28.5 Å². The first-order valence-electron chi connectivity index (χ1n) is 6.38. The maximum absolute atomic E-state index is 14.7. The molecule has 0 aliphatic rings. The van der Waals surface area contributed by atoms with Gasteiger partial charge in [0, 0.05) is 11.1 Å². The highest BCUT2D eigenvalue weighted by molar-refractivity contribution is 7.21. The van der Waals surface area contributed by atoms with Crippen LogP contribution < -0.4 is 4.74 Å². The predicted molar refractivity (Wildman–Crippen MR) is 83.5 cm³/mol. The summed E-state index contributed by atoms with van der Waals surface area (Å²) in [5.74, 6) is -4.93. The molecule has 0 bridgehead atoms. The van der Waals surface area contributed by atoms with Gasteiger partial charge in [0.2, 0.25) is 0 Å². The van der Waals surface area contributed by atoms with Crippen molar-refractivity contribution in [2.75, 3.05) is 7.11 Å². The molecule has 1 N–H and O–H groups in total. The Balaban J connectivity index is 2.46. The zero-order valence-corrected chi connectivity index (χ0v) is 13.4. The van der Waals surface area contributed by atoms with Crippen molar-refractivity contribution in [2.24, 2.45) is 0 Å². The third kappa shape index (κ3) is 2.47. The van der Waals surface area contributed by atoms with Crippen LogP contribution in [0.1, 0.15) is 9.67 Å². The van der Waals surface area contributed by atoms with Crippen LogP contribution in [0.4, 0.5) is 13.2 Å². The van der Waals surface area contributed by atoms with E-state index < -0.39 is 29.2 Å². The average molecular weight is 374 g/mol. The maximum Gasteiger partial charge on any atom is 0.346 e. The van der Waals surface area contributed by atoms with E-state index in [-0.39, 0.29) is 31.2 Å². The molecule has 0 saturated heterocycles. The second-order valence-electron chi connectivity index (χ2n) is 4.67. The first kappa shape index (κ1) is 16.5. The molecule has 0 unspecified atom stereocenters. The summed E-state index contributed by atoms with van der Waals surface area (Å²) >= 11 is 6.65. The Morgan fingerprint density at radius 1 is 1.29 bits per heavy atom. The van der Waals surface area contributed by atoms with Gasteiger partial charge in [-0.15, -0.1) is 11.3 Å². The minimum absolute atomic E-state index is 0.0493. The van der Waals surface area contributed by atoms with Crippen molar-refractivity contribution < 1.29 is 27.8 Å². The molecule has 3 rings (SSSR count). The van der Waals surface area contributed by atoms with Crippen LogP contribution in [-0.4, -0.2) is 23.2 Å². The van der Waals surface area contributed by atoms with Crippen molar-refractivity contribution in [1.29, 1.82) is 0 Å². The second-order valence-corrected chi connectivity index (χ2v) is 6.13. The van der Waals surface area contributed by atoms with E-state index in [9.17, 15) is 23.1 Å². The first-order valence-corrected chi connectivity index (χ1v) is 7.57. The zero-order chi connectivity index (χ0) is 17.6. The smallest absolute Gasteiger partial charge is 0.346 e. The molecule has 0 fully saturated rings. The van der Waals surface area contributed by atoms with Crippen molar-refractivity contribution in [3.8, 4) is 16.9 Å². The summed E-state index contributed by atoms with van der Waals surface area (Å²) in [5, 5.41) is 9.03. The number of carbonyl (C=O) groups is 1. The molecule has 0 aliphatic carbocycles. The molecule has 3 aromatic rings. The summed E-state index contributed by atoms with van der Waals surface area (Å²) in [7, 11) is 1.07. The summed E-state index contributed by atoms with van der Waals surface area (Å²) in [6.45, 7) is 0. The Kier molecular flexibility index (Phi) is 4.10. The number of rotatable bonds is 3. The minimum atomic E-state index is -1.37. The molecule has 0 radical (unpaired) electrons. The molecule has 0 saturated carbocycles. The van der Waals surface area contributed by atoms with Crippen molar-refractivity contribution in [3.05, 3.63) is 45.7 Å². The van der Waals surface area contributed by atoms with E-state index in [0.717, 1.165) is 25.4 Å². The molecule has 1 aromatic carbocycles. The largest absolute Gasteiger partial charge is 0.491 e. The fourth-order valence-corrected chi connectivity index (χ4v) is 3.63. The van der Waals surface area contributed by atoms with Crippen LogP contribution >= 0.6 is 22.9 Å². The highest BCUT2D eigenvalue weighted by Gasteiger charge is 2.28. The van der Waals surface area contributed by atoms with Gasteiger partial charge in [-0.05, 0) is 12.1 Å². The number of ether oxygens (including phenoxy) is 1. The summed E-state index contributed by atoms with van der Waals surface area (Å²) < 4.78 is 46.6. The monoisotopic (exact) mass is 373 g/mol. The van der Waals surface area contributed by atoms with Crippen LogP contribution in [0.25, 0.3) is 21.3 Å². The number of hydrogen-bond acceptors (Lipinski definition) is 4. The van der Waals surface area contributed by atoms with E-state index in [2.05, 4.69) is 9.72 Å². The Hall–Kier alpha value is -2.32. The number of carboxylic acid groups (broad SMARTS) is 1. The molecule has 9 heteroatoms. The van der Waals surface area contributed by atoms with Crippen LogP contribution in [0, 0.1) is 17.5 Å². The fraction of sp³-hybridized carbons (Fsp3) is 0.0667. The van der Waals surface area contributed by atoms with E-state index in [4.69, 9.17) is 11.6 Å². The van der Waals surface area contributed by atoms with E-state index in [1.807, 2.05) is 0 Å². The lowest BCUT2D eigenvalue weighted by Crippen LogP contribution is -2.00.